The maximum absolute atomic E-state index is 13.5. The molecule has 2 aromatic rings. The fourth-order valence-corrected chi connectivity index (χ4v) is 5.88. The third-order valence-corrected chi connectivity index (χ3v) is 8.32. The molecule has 0 saturated heterocycles. The predicted molar refractivity (Wildman–Crippen MR) is 156 cm³/mol. The van der Waals surface area contributed by atoms with Gasteiger partial charge < -0.3 is 25.2 Å². The summed E-state index contributed by atoms with van der Waals surface area (Å²) >= 11 is 12.3. The van der Waals surface area contributed by atoms with Gasteiger partial charge in [0.05, 0.1) is 6.04 Å². The molecule has 2 aromatic carbocycles. The number of allylic oxidation sites excluding steroid dienone is 2. The van der Waals surface area contributed by atoms with Crippen molar-refractivity contribution in [3.05, 3.63) is 93.6 Å². The van der Waals surface area contributed by atoms with Gasteiger partial charge in [-0.05, 0) is 72.9 Å². The summed E-state index contributed by atoms with van der Waals surface area (Å²) < 4.78 is 11.5. The van der Waals surface area contributed by atoms with E-state index in [1.54, 1.807) is 29.2 Å². The summed E-state index contributed by atoms with van der Waals surface area (Å²) in [4.78, 5) is 27.0. The van der Waals surface area contributed by atoms with Gasteiger partial charge in [-0.25, -0.2) is 4.79 Å². The van der Waals surface area contributed by atoms with Crippen molar-refractivity contribution in [1.29, 1.82) is 0 Å². The van der Waals surface area contributed by atoms with E-state index in [0.29, 0.717) is 34.5 Å². The monoisotopic (exact) mass is 595 g/mol. The first-order chi connectivity index (χ1) is 19.9. The molecule has 2 aliphatic heterocycles. The van der Waals surface area contributed by atoms with Crippen molar-refractivity contribution in [3.63, 3.8) is 0 Å². The molecule has 0 radical (unpaired) electrons. The molecule has 3 N–H and O–H groups in total. The van der Waals surface area contributed by atoms with E-state index in [4.69, 9.17) is 32.7 Å². The van der Waals surface area contributed by atoms with Gasteiger partial charge in [0.2, 0.25) is 5.91 Å². The molecule has 0 bridgehead atoms. The molecule has 8 nitrogen and oxygen atoms in total. The molecular weight excluding hydrogens is 565 g/mol. The molecule has 1 saturated carbocycles. The minimum atomic E-state index is -0.819. The molecule has 4 aliphatic rings. The van der Waals surface area contributed by atoms with Crippen LogP contribution in [0.3, 0.4) is 0 Å². The first kappa shape index (κ1) is 27.7. The average Bonchev–Trinajstić information content (AvgIpc) is 3.77. The summed E-state index contributed by atoms with van der Waals surface area (Å²) in [5, 5.41) is 17.9. The van der Waals surface area contributed by atoms with Gasteiger partial charge in [0.25, 0.3) is 0 Å². The van der Waals surface area contributed by atoms with Crippen LogP contribution in [0.25, 0.3) is 0 Å². The van der Waals surface area contributed by atoms with Gasteiger partial charge in [0, 0.05) is 40.7 Å². The number of aliphatic hydroxyl groups is 1. The number of aliphatic hydroxyl groups excluding tert-OH is 1. The first-order valence-electron chi connectivity index (χ1n) is 13.8. The highest BCUT2D eigenvalue weighted by Crippen LogP contribution is 2.45. The number of carbonyl (C=O) groups excluding carboxylic acids is 2. The van der Waals surface area contributed by atoms with E-state index < -0.39 is 18.2 Å². The average molecular weight is 597 g/mol. The van der Waals surface area contributed by atoms with Crippen molar-refractivity contribution in [1.82, 2.24) is 15.5 Å². The highest BCUT2D eigenvalue weighted by molar-refractivity contribution is 6.31. The second-order valence-electron chi connectivity index (χ2n) is 10.8. The Morgan fingerprint density at radius 2 is 1.80 bits per heavy atom. The zero-order chi connectivity index (χ0) is 28.5. The summed E-state index contributed by atoms with van der Waals surface area (Å²) in [6.45, 7) is 0.679. The number of ether oxygens (including phenoxy) is 2. The van der Waals surface area contributed by atoms with Crippen LogP contribution in [0.4, 0.5) is 4.79 Å². The number of fused-ring (bicyclic) bond motifs is 2. The Hall–Kier alpha value is -3.46. The number of benzene rings is 2. The van der Waals surface area contributed by atoms with Crippen molar-refractivity contribution in [2.45, 2.75) is 37.5 Å². The molecule has 4 atom stereocenters. The van der Waals surface area contributed by atoms with E-state index in [0.717, 1.165) is 24.1 Å². The molecule has 2 heterocycles. The minimum Gasteiger partial charge on any atom is -0.491 e. The standard InChI is InChI=1S/C31H31Cl2N3O5/c32-20-5-10-24(11-6-20)41-31(39)36-14-13-25-26-15-21(33)7-12-27(26)35-28(25)29(36)18-3-8-23(9-4-18)40-17-22(37)16-34-30(38)19-1-2-19/h3-12,15,19,22,26-27,29,35,37H,1-2,13-14,16-17H2,(H,34,38). The number of halogens is 2. The van der Waals surface area contributed by atoms with Crippen molar-refractivity contribution in [2.75, 3.05) is 19.7 Å². The molecule has 1 fully saturated rings. The molecule has 10 heteroatoms. The summed E-state index contributed by atoms with van der Waals surface area (Å²) in [5.74, 6) is 1.20. The van der Waals surface area contributed by atoms with Crippen LogP contribution in [0, 0.1) is 11.8 Å². The third kappa shape index (κ3) is 6.25. The maximum Gasteiger partial charge on any atom is 0.416 e. The number of nitrogens with one attached hydrogen (secondary N) is 2. The first-order valence-corrected chi connectivity index (χ1v) is 14.6. The van der Waals surface area contributed by atoms with Crippen molar-refractivity contribution in [3.8, 4) is 11.5 Å². The van der Waals surface area contributed by atoms with Crippen LogP contribution >= 0.6 is 23.2 Å². The van der Waals surface area contributed by atoms with Crippen LogP contribution in [-0.2, 0) is 4.79 Å². The fraction of sp³-hybridized carbons (Fsp3) is 0.355. The van der Waals surface area contributed by atoms with Crippen LogP contribution in [-0.4, -0.2) is 53.8 Å². The number of nitrogens with zero attached hydrogens (tertiary/aromatic N) is 1. The Labute approximate surface area is 248 Å². The van der Waals surface area contributed by atoms with Gasteiger partial charge in [-0.1, -0.05) is 47.5 Å². The van der Waals surface area contributed by atoms with Crippen LogP contribution in [0.5, 0.6) is 11.5 Å². The van der Waals surface area contributed by atoms with Gasteiger partial charge in [-0.3, -0.25) is 9.69 Å². The Kier molecular flexibility index (Phi) is 7.97. The summed E-state index contributed by atoms with van der Waals surface area (Å²) in [6.07, 6.45) is 7.27. The Balaban J connectivity index is 1.19. The highest BCUT2D eigenvalue weighted by Gasteiger charge is 2.43. The Morgan fingerprint density at radius 3 is 2.54 bits per heavy atom. The van der Waals surface area contributed by atoms with Gasteiger partial charge in [-0.2, -0.15) is 0 Å². The van der Waals surface area contributed by atoms with Crippen LogP contribution in [0.2, 0.25) is 5.02 Å². The van der Waals surface area contributed by atoms with Crippen LogP contribution in [0.1, 0.15) is 30.9 Å². The topological polar surface area (TPSA) is 100 Å². The van der Waals surface area contributed by atoms with Gasteiger partial charge in [-0.15, -0.1) is 0 Å². The minimum absolute atomic E-state index is 0.0117. The second-order valence-corrected chi connectivity index (χ2v) is 11.6. The summed E-state index contributed by atoms with van der Waals surface area (Å²) in [7, 11) is 0. The predicted octanol–water partition coefficient (Wildman–Crippen LogP) is 5.09. The van der Waals surface area contributed by atoms with E-state index in [2.05, 4.69) is 22.8 Å². The van der Waals surface area contributed by atoms with Crippen LogP contribution < -0.4 is 20.1 Å². The van der Waals surface area contributed by atoms with Gasteiger partial charge >= 0.3 is 6.09 Å². The highest BCUT2D eigenvalue weighted by atomic mass is 35.5. The van der Waals surface area contributed by atoms with Crippen molar-refractivity contribution >= 4 is 35.2 Å². The Bertz CT molecular complexity index is 1400. The lowest BCUT2D eigenvalue weighted by atomic mass is 9.85. The zero-order valence-electron chi connectivity index (χ0n) is 22.3. The Morgan fingerprint density at radius 1 is 1.07 bits per heavy atom. The zero-order valence-corrected chi connectivity index (χ0v) is 23.8. The molecule has 4 unspecified atom stereocenters. The van der Waals surface area contributed by atoms with E-state index in [1.807, 2.05) is 30.3 Å². The molecule has 6 rings (SSSR count). The molecule has 214 valence electrons. The molecule has 41 heavy (non-hydrogen) atoms. The van der Waals surface area contributed by atoms with Crippen molar-refractivity contribution in [2.24, 2.45) is 11.8 Å². The lowest BCUT2D eigenvalue weighted by Crippen LogP contribution is -2.43. The SMILES string of the molecule is O=C(NCC(O)COc1ccc(C2C3=C(CCN2C(=O)Oc2ccc(Cl)cc2)C2C=C(Cl)C=CC2N3)cc1)C1CC1. The summed E-state index contributed by atoms with van der Waals surface area (Å²) in [5.41, 5.74) is 3.09. The number of carbonyl (C=O) groups is 2. The van der Waals surface area contributed by atoms with E-state index in [-0.39, 0.29) is 36.9 Å². The number of hydrogen-bond donors (Lipinski definition) is 3. The lowest BCUT2D eigenvalue weighted by molar-refractivity contribution is -0.122. The number of hydrogen-bond acceptors (Lipinski definition) is 6. The normalized spacial score (nSPS) is 23.6. The maximum atomic E-state index is 13.5. The van der Waals surface area contributed by atoms with Crippen molar-refractivity contribution < 1.29 is 24.2 Å². The smallest absolute Gasteiger partial charge is 0.416 e. The third-order valence-electron chi connectivity index (χ3n) is 7.82. The van der Waals surface area contributed by atoms with E-state index >= 15 is 0 Å². The summed E-state index contributed by atoms with van der Waals surface area (Å²) in [6, 6.07) is 13.8. The largest absolute Gasteiger partial charge is 0.491 e. The number of rotatable bonds is 8. The molecule has 0 spiro atoms. The van der Waals surface area contributed by atoms with Crippen LogP contribution in [0.15, 0.2) is 83.1 Å². The van der Waals surface area contributed by atoms with Gasteiger partial charge in [0.15, 0.2) is 0 Å². The van der Waals surface area contributed by atoms with E-state index in [1.165, 1.54) is 5.57 Å². The lowest BCUT2D eigenvalue weighted by Gasteiger charge is -2.37. The molecule has 2 aliphatic carbocycles. The number of amides is 2. The molecule has 2 amide bonds. The fourth-order valence-electron chi connectivity index (χ4n) is 5.55. The quantitative estimate of drug-likeness (QED) is 0.393. The molecular formula is C31H31Cl2N3O5. The second kappa shape index (κ2) is 11.8. The van der Waals surface area contributed by atoms with E-state index in [9.17, 15) is 14.7 Å². The molecule has 0 aromatic heterocycles. The van der Waals surface area contributed by atoms with Gasteiger partial charge in [0.1, 0.15) is 30.3 Å².